The molecule has 0 saturated carbocycles. The van der Waals surface area contributed by atoms with Gasteiger partial charge in [0.2, 0.25) is 0 Å². The van der Waals surface area contributed by atoms with E-state index in [0.717, 1.165) is 34.1 Å². The molecule has 0 N–H and O–H groups in total. The van der Waals surface area contributed by atoms with E-state index in [9.17, 15) is 0 Å². The molecular weight excluding hydrogens is 787 g/mol. The van der Waals surface area contributed by atoms with Gasteiger partial charge in [0.25, 0.3) is 6.71 Å². The highest BCUT2D eigenvalue weighted by Gasteiger charge is 2.43. The van der Waals surface area contributed by atoms with Gasteiger partial charge in [0, 0.05) is 67.6 Å². The molecule has 2 aliphatic rings. The summed E-state index contributed by atoms with van der Waals surface area (Å²) in [6.07, 6.45) is 0. The summed E-state index contributed by atoms with van der Waals surface area (Å²) in [5.74, 6) is 0. The lowest BCUT2D eigenvalue weighted by Crippen LogP contribution is -2.61. The minimum atomic E-state index is 0.0000501. The maximum Gasteiger partial charge on any atom is 0.252 e. The van der Waals surface area contributed by atoms with Crippen molar-refractivity contribution in [1.29, 1.82) is 0 Å². The molecule has 5 heteroatoms. The molecule has 0 spiro atoms. The first-order valence-corrected chi connectivity index (χ1v) is 22.4. The number of anilines is 9. The van der Waals surface area contributed by atoms with Crippen molar-refractivity contribution in [1.82, 2.24) is 4.57 Å². The van der Waals surface area contributed by atoms with Gasteiger partial charge in [-0.05, 0) is 131 Å². The standard InChI is InChI=1S/C60H41BN4/c1-5-18-44(19-6-1)62(45-20-7-2-8-21-45)48-35-32-42(33-36-48)43-34-38-52-58(40-43)63(46-22-9-3-10-23-46)56-30-17-31-57-60(56)61(52)53-39-37-49(41-59(53)64(57)47-24-11-4-12-25-47)65-54-28-15-13-26-50(54)51-27-14-16-29-55(51)65/h1-41H. The van der Waals surface area contributed by atoms with Crippen molar-refractivity contribution in [2.45, 2.75) is 0 Å². The number of rotatable bonds is 7. The van der Waals surface area contributed by atoms with E-state index < -0.39 is 0 Å². The number of benzene rings is 10. The van der Waals surface area contributed by atoms with Crippen LogP contribution in [0.5, 0.6) is 0 Å². The van der Waals surface area contributed by atoms with Crippen molar-refractivity contribution in [2.24, 2.45) is 0 Å². The third-order valence-corrected chi connectivity index (χ3v) is 13.3. The Kier molecular flexibility index (Phi) is 8.60. The van der Waals surface area contributed by atoms with Crippen LogP contribution in [0.2, 0.25) is 0 Å². The average Bonchev–Trinajstić information content (AvgIpc) is 3.72. The Labute approximate surface area is 379 Å². The summed E-state index contributed by atoms with van der Waals surface area (Å²) in [5, 5.41) is 2.51. The van der Waals surface area contributed by atoms with Crippen LogP contribution in [0.25, 0.3) is 38.6 Å². The largest absolute Gasteiger partial charge is 0.311 e. The van der Waals surface area contributed by atoms with E-state index in [4.69, 9.17) is 0 Å². The third-order valence-electron chi connectivity index (χ3n) is 13.3. The number of aromatic nitrogens is 1. The highest BCUT2D eigenvalue weighted by atomic mass is 15.2. The van der Waals surface area contributed by atoms with Crippen LogP contribution in [0.15, 0.2) is 249 Å². The Morgan fingerprint density at radius 3 is 1.31 bits per heavy atom. The molecule has 0 unspecified atom stereocenters. The quantitative estimate of drug-likeness (QED) is 0.149. The normalized spacial score (nSPS) is 12.5. The van der Waals surface area contributed by atoms with E-state index in [1.165, 1.54) is 72.1 Å². The van der Waals surface area contributed by atoms with Crippen LogP contribution in [-0.2, 0) is 0 Å². The smallest absolute Gasteiger partial charge is 0.252 e. The minimum Gasteiger partial charge on any atom is -0.311 e. The van der Waals surface area contributed by atoms with E-state index in [2.05, 4.69) is 268 Å². The Bertz CT molecular complexity index is 3460. The Morgan fingerprint density at radius 1 is 0.308 bits per heavy atom. The first kappa shape index (κ1) is 37.1. The lowest BCUT2D eigenvalue weighted by Gasteiger charge is -2.44. The van der Waals surface area contributed by atoms with Gasteiger partial charge in [-0.2, -0.15) is 0 Å². The van der Waals surface area contributed by atoms with Crippen LogP contribution in [0.1, 0.15) is 0 Å². The summed E-state index contributed by atoms with van der Waals surface area (Å²) in [6.45, 7) is 0.0000501. The van der Waals surface area contributed by atoms with Gasteiger partial charge in [-0.3, -0.25) is 0 Å². The summed E-state index contributed by atoms with van der Waals surface area (Å²) in [5.41, 5.74) is 20.1. The van der Waals surface area contributed by atoms with Gasteiger partial charge in [-0.15, -0.1) is 0 Å². The van der Waals surface area contributed by atoms with E-state index in [1.807, 2.05) is 0 Å². The molecule has 0 aliphatic carbocycles. The van der Waals surface area contributed by atoms with Gasteiger partial charge in [-0.1, -0.05) is 146 Å². The number of hydrogen-bond acceptors (Lipinski definition) is 3. The van der Waals surface area contributed by atoms with Gasteiger partial charge in [0.15, 0.2) is 0 Å². The van der Waals surface area contributed by atoms with Crippen molar-refractivity contribution in [3.05, 3.63) is 249 Å². The van der Waals surface area contributed by atoms with Crippen LogP contribution < -0.4 is 31.1 Å². The summed E-state index contributed by atoms with van der Waals surface area (Å²) in [4.78, 5) is 7.28. The topological polar surface area (TPSA) is 14.7 Å². The van der Waals surface area contributed by atoms with Gasteiger partial charge in [0.05, 0.1) is 11.0 Å². The Morgan fingerprint density at radius 2 is 0.754 bits per heavy atom. The number of hydrogen-bond donors (Lipinski definition) is 0. The zero-order valence-corrected chi connectivity index (χ0v) is 35.5. The molecule has 4 nitrogen and oxygen atoms in total. The summed E-state index contributed by atoms with van der Waals surface area (Å²) in [7, 11) is 0. The second-order valence-electron chi connectivity index (χ2n) is 16.9. The van der Waals surface area contributed by atoms with Gasteiger partial charge in [-0.25, -0.2) is 0 Å². The molecule has 304 valence electrons. The van der Waals surface area contributed by atoms with Crippen LogP contribution >= 0.6 is 0 Å². The minimum absolute atomic E-state index is 0.0000501. The maximum atomic E-state index is 2.49. The molecule has 3 heterocycles. The van der Waals surface area contributed by atoms with Crippen LogP contribution in [0.3, 0.4) is 0 Å². The zero-order chi connectivity index (χ0) is 42.8. The van der Waals surface area contributed by atoms with E-state index >= 15 is 0 Å². The summed E-state index contributed by atoms with van der Waals surface area (Å²) < 4.78 is 2.43. The predicted molar refractivity (Wildman–Crippen MR) is 275 cm³/mol. The molecule has 0 bridgehead atoms. The van der Waals surface area contributed by atoms with Crippen molar-refractivity contribution in [3.8, 4) is 16.8 Å². The van der Waals surface area contributed by atoms with Crippen LogP contribution in [0.4, 0.5) is 51.2 Å². The average molecular weight is 829 g/mol. The van der Waals surface area contributed by atoms with Gasteiger partial charge < -0.3 is 19.3 Å². The predicted octanol–water partition coefficient (Wildman–Crippen LogP) is 14.0. The summed E-state index contributed by atoms with van der Waals surface area (Å²) >= 11 is 0. The first-order valence-electron chi connectivity index (χ1n) is 22.4. The van der Waals surface area contributed by atoms with Crippen LogP contribution in [-0.4, -0.2) is 11.3 Å². The van der Waals surface area contributed by atoms with Crippen molar-refractivity contribution >= 4 is 96.1 Å². The van der Waals surface area contributed by atoms with Crippen molar-refractivity contribution in [3.63, 3.8) is 0 Å². The lowest BCUT2D eigenvalue weighted by atomic mass is 9.33. The fourth-order valence-corrected chi connectivity index (χ4v) is 10.6. The highest BCUT2D eigenvalue weighted by molar-refractivity contribution is 7.00. The fraction of sp³-hybridized carbons (Fsp3) is 0. The second kappa shape index (κ2) is 15.1. The molecule has 0 atom stereocenters. The van der Waals surface area contributed by atoms with Gasteiger partial charge in [0.1, 0.15) is 0 Å². The lowest BCUT2D eigenvalue weighted by molar-refractivity contribution is 1.17. The second-order valence-corrected chi connectivity index (χ2v) is 16.9. The molecule has 2 aliphatic heterocycles. The highest BCUT2D eigenvalue weighted by Crippen LogP contribution is 2.46. The van der Waals surface area contributed by atoms with Crippen LogP contribution in [0, 0.1) is 0 Å². The molecule has 10 aromatic carbocycles. The number of fused-ring (bicyclic) bond motifs is 7. The van der Waals surface area contributed by atoms with Gasteiger partial charge >= 0.3 is 0 Å². The summed E-state index contributed by atoms with van der Waals surface area (Å²) in [6, 6.07) is 90.6. The number of para-hydroxylation sites is 6. The molecule has 0 fully saturated rings. The molecule has 0 radical (unpaired) electrons. The van der Waals surface area contributed by atoms with Crippen molar-refractivity contribution < 1.29 is 0 Å². The van der Waals surface area contributed by atoms with Crippen molar-refractivity contribution in [2.75, 3.05) is 14.7 Å². The first-order chi connectivity index (χ1) is 32.3. The Balaban J connectivity index is 0.998. The van der Waals surface area contributed by atoms with E-state index in [1.54, 1.807) is 0 Å². The molecular formula is C60H41BN4. The fourth-order valence-electron chi connectivity index (χ4n) is 10.6. The maximum absolute atomic E-state index is 2.49. The molecule has 11 aromatic rings. The van der Waals surface area contributed by atoms with E-state index in [-0.39, 0.29) is 6.71 Å². The third kappa shape index (κ3) is 5.93. The molecule has 65 heavy (non-hydrogen) atoms. The molecule has 0 amide bonds. The molecule has 13 rings (SSSR count). The van der Waals surface area contributed by atoms with E-state index in [0.29, 0.717) is 0 Å². The SMILES string of the molecule is c1ccc(N(c2ccccc2)c2ccc(-c3ccc4c(c3)N(c3ccccc3)c3cccc5c3B4c3ccc(-n4c6ccccc6c6ccccc64)cc3N5c3ccccc3)cc2)cc1. The zero-order valence-electron chi connectivity index (χ0n) is 35.5. The molecule has 0 saturated heterocycles. The Hall–Kier alpha value is -8.54. The monoisotopic (exact) mass is 828 g/mol. The number of nitrogens with zero attached hydrogens (tertiary/aromatic N) is 4. The molecule has 1 aromatic heterocycles.